The SMILES string of the molecule is O=Cc1c(-c2cc(F)ccc2F)[nH]c2c(F)cc(Cl)cc12. The highest BCUT2D eigenvalue weighted by Gasteiger charge is 2.18. The molecule has 106 valence electrons. The summed E-state index contributed by atoms with van der Waals surface area (Å²) >= 11 is 5.76. The van der Waals surface area contributed by atoms with Crippen LogP contribution < -0.4 is 0 Å². The van der Waals surface area contributed by atoms with Gasteiger partial charge in [-0.25, -0.2) is 13.2 Å². The van der Waals surface area contributed by atoms with E-state index in [1.54, 1.807) is 0 Å². The lowest BCUT2D eigenvalue weighted by Crippen LogP contribution is -1.90. The molecule has 1 heterocycles. The third-order valence-electron chi connectivity index (χ3n) is 3.18. The summed E-state index contributed by atoms with van der Waals surface area (Å²) in [5.74, 6) is -2.07. The van der Waals surface area contributed by atoms with Gasteiger partial charge in [-0.05, 0) is 30.3 Å². The van der Waals surface area contributed by atoms with Crippen molar-refractivity contribution in [3.8, 4) is 11.3 Å². The Kier molecular flexibility index (Phi) is 3.22. The van der Waals surface area contributed by atoms with Crippen molar-refractivity contribution in [2.75, 3.05) is 0 Å². The lowest BCUT2D eigenvalue weighted by molar-refractivity contribution is 0.112. The van der Waals surface area contributed by atoms with Crippen LogP contribution in [0, 0.1) is 17.5 Å². The van der Waals surface area contributed by atoms with Crippen LogP contribution in [-0.4, -0.2) is 11.3 Å². The van der Waals surface area contributed by atoms with Gasteiger partial charge in [0.15, 0.2) is 6.29 Å². The van der Waals surface area contributed by atoms with Crippen LogP contribution in [0.5, 0.6) is 0 Å². The van der Waals surface area contributed by atoms with Crippen LogP contribution in [0.1, 0.15) is 10.4 Å². The molecule has 0 bridgehead atoms. The van der Waals surface area contributed by atoms with Gasteiger partial charge in [0.25, 0.3) is 0 Å². The van der Waals surface area contributed by atoms with Gasteiger partial charge in [0, 0.05) is 21.5 Å². The Labute approximate surface area is 122 Å². The molecule has 0 amide bonds. The van der Waals surface area contributed by atoms with Crippen LogP contribution in [0.25, 0.3) is 22.2 Å². The zero-order chi connectivity index (χ0) is 15.1. The molecule has 0 radical (unpaired) electrons. The first-order valence-corrected chi connectivity index (χ1v) is 6.30. The van der Waals surface area contributed by atoms with Gasteiger partial charge in [0.05, 0.1) is 11.2 Å². The molecule has 0 saturated carbocycles. The zero-order valence-corrected chi connectivity index (χ0v) is 11.1. The average Bonchev–Trinajstić information content (AvgIpc) is 2.80. The Morgan fingerprint density at radius 1 is 1.05 bits per heavy atom. The molecule has 6 heteroatoms. The number of fused-ring (bicyclic) bond motifs is 1. The topological polar surface area (TPSA) is 32.9 Å². The lowest BCUT2D eigenvalue weighted by Gasteiger charge is -2.02. The molecular formula is C15H7ClF3NO. The number of nitrogens with one attached hydrogen (secondary N) is 1. The zero-order valence-electron chi connectivity index (χ0n) is 10.4. The van der Waals surface area contributed by atoms with E-state index in [2.05, 4.69) is 4.98 Å². The number of hydrogen-bond acceptors (Lipinski definition) is 1. The average molecular weight is 310 g/mol. The first-order valence-electron chi connectivity index (χ1n) is 5.92. The number of aromatic amines is 1. The smallest absolute Gasteiger partial charge is 0.152 e. The van der Waals surface area contributed by atoms with Crippen molar-refractivity contribution in [1.82, 2.24) is 4.98 Å². The predicted octanol–water partition coefficient (Wildman–Crippen LogP) is 4.72. The molecule has 2 nitrogen and oxygen atoms in total. The van der Waals surface area contributed by atoms with Gasteiger partial charge in [-0.15, -0.1) is 0 Å². The summed E-state index contributed by atoms with van der Waals surface area (Å²) in [5.41, 5.74) is -0.0990. The van der Waals surface area contributed by atoms with Crippen molar-refractivity contribution in [2.24, 2.45) is 0 Å². The maximum atomic E-state index is 13.9. The van der Waals surface area contributed by atoms with E-state index < -0.39 is 17.5 Å². The Hall–Kier alpha value is -2.27. The van der Waals surface area contributed by atoms with E-state index in [1.165, 1.54) is 6.07 Å². The molecule has 0 aliphatic rings. The molecule has 0 fully saturated rings. The predicted molar refractivity (Wildman–Crippen MR) is 74.0 cm³/mol. The highest BCUT2D eigenvalue weighted by molar-refractivity contribution is 6.31. The molecule has 21 heavy (non-hydrogen) atoms. The van der Waals surface area contributed by atoms with Gasteiger partial charge in [0.2, 0.25) is 0 Å². The highest BCUT2D eigenvalue weighted by atomic mass is 35.5. The summed E-state index contributed by atoms with van der Waals surface area (Å²) in [4.78, 5) is 13.9. The van der Waals surface area contributed by atoms with Crippen LogP contribution in [0.15, 0.2) is 30.3 Å². The number of rotatable bonds is 2. The van der Waals surface area contributed by atoms with Crippen LogP contribution in [0.4, 0.5) is 13.2 Å². The van der Waals surface area contributed by atoms with Crippen molar-refractivity contribution in [2.45, 2.75) is 0 Å². The monoisotopic (exact) mass is 309 g/mol. The summed E-state index contributed by atoms with van der Waals surface area (Å²) in [7, 11) is 0. The summed E-state index contributed by atoms with van der Waals surface area (Å²) < 4.78 is 41.0. The standard InChI is InChI=1S/C15H7ClF3NO/c16-7-3-9-11(6-21)14(20-15(9)13(19)4-7)10-5-8(17)1-2-12(10)18/h1-6,20H. The van der Waals surface area contributed by atoms with Gasteiger partial charge in [-0.2, -0.15) is 0 Å². The van der Waals surface area contributed by atoms with E-state index in [1.807, 2.05) is 0 Å². The van der Waals surface area contributed by atoms with Crippen molar-refractivity contribution >= 4 is 28.8 Å². The number of H-pyrrole nitrogens is 1. The number of carbonyl (C=O) groups excluding carboxylic acids is 1. The van der Waals surface area contributed by atoms with Crippen molar-refractivity contribution < 1.29 is 18.0 Å². The molecule has 0 unspecified atom stereocenters. The van der Waals surface area contributed by atoms with Crippen molar-refractivity contribution in [3.05, 3.63) is 58.4 Å². The van der Waals surface area contributed by atoms with Gasteiger partial charge in [0.1, 0.15) is 17.5 Å². The molecule has 3 aromatic rings. The first-order chi connectivity index (χ1) is 10.0. The van der Waals surface area contributed by atoms with Gasteiger partial charge in [-0.3, -0.25) is 4.79 Å². The van der Waals surface area contributed by atoms with Gasteiger partial charge in [-0.1, -0.05) is 11.6 Å². The normalized spacial score (nSPS) is 11.0. The minimum atomic E-state index is -0.724. The molecule has 3 rings (SSSR count). The van der Waals surface area contributed by atoms with E-state index in [9.17, 15) is 18.0 Å². The van der Waals surface area contributed by atoms with E-state index in [4.69, 9.17) is 11.6 Å². The number of benzene rings is 2. The van der Waals surface area contributed by atoms with E-state index in [0.717, 1.165) is 24.3 Å². The van der Waals surface area contributed by atoms with Crippen LogP contribution in [-0.2, 0) is 0 Å². The van der Waals surface area contributed by atoms with E-state index in [0.29, 0.717) is 6.29 Å². The fourth-order valence-corrected chi connectivity index (χ4v) is 2.47. The third kappa shape index (κ3) is 2.19. The highest BCUT2D eigenvalue weighted by Crippen LogP contribution is 2.33. The van der Waals surface area contributed by atoms with Gasteiger partial charge < -0.3 is 4.98 Å². The Morgan fingerprint density at radius 3 is 2.52 bits per heavy atom. The number of aromatic nitrogens is 1. The van der Waals surface area contributed by atoms with Crippen LogP contribution in [0.3, 0.4) is 0 Å². The molecule has 0 spiro atoms. The summed E-state index contributed by atoms with van der Waals surface area (Å²) in [6.45, 7) is 0. The molecule has 0 atom stereocenters. The Balaban J connectivity index is 2.40. The fourth-order valence-electron chi connectivity index (χ4n) is 2.26. The molecule has 1 aromatic heterocycles. The molecule has 0 aliphatic carbocycles. The number of aldehydes is 1. The second kappa shape index (κ2) is 4.93. The summed E-state index contributed by atoms with van der Waals surface area (Å²) in [6, 6.07) is 5.29. The minimum Gasteiger partial charge on any atom is -0.351 e. The lowest BCUT2D eigenvalue weighted by atomic mass is 10.1. The number of carbonyl (C=O) groups is 1. The summed E-state index contributed by atoms with van der Waals surface area (Å²) in [5, 5.41) is 0.321. The van der Waals surface area contributed by atoms with Gasteiger partial charge >= 0.3 is 0 Å². The Bertz CT molecular complexity index is 873. The largest absolute Gasteiger partial charge is 0.351 e. The Morgan fingerprint density at radius 2 is 1.81 bits per heavy atom. The quantitative estimate of drug-likeness (QED) is 0.683. The maximum Gasteiger partial charge on any atom is 0.152 e. The first kappa shape index (κ1) is 13.7. The van der Waals surface area contributed by atoms with Crippen LogP contribution >= 0.6 is 11.6 Å². The molecular weight excluding hydrogens is 303 g/mol. The van der Waals surface area contributed by atoms with Crippen molar-refractivity contribution in [3.63, 3.8) is 0 Å². The minimum absolute atomic E-state index is 0.0122. The fraction of sp³-hybridized carbons (Fsp3) is 0. The molecule has 0 aliphatic heterocycles. The van der Waals surface area contributed by atoms with E-state index >= 15 is 0 Å². The van der Waals surface area contributed by atoms with Crippen LogP contribution in [0.2, 0.25) is 5.02 Å². The maximum absolute atomic E-state index is 13.9. The number of hydrogen-bond donors (Lipinski definition) is 1. The second-order valence-electron chi connectivity index (χ2n) is 4.47. The second-order valence-corrected chi connectivity index (χ2v) is 4.90. The summed E-state index contributed by atoms with van der Waals surface area (Å²) in [6.07, 6.45) is 0.453. The van der Waals surface area contributed by atoms with Crippen molar-refractivity contribution in [1.29, 1.82) is 0 Å². The molecule has 2 aromatic carbocycles. The van der Waals surface area contributed by atoms with E-state index in [-0.39, 0.29) is 32.7 Å². The molecule has 1 N–H and O–H groups in total. The number of halogens is 4. The molecule has 0 saturated heterocycles. The third-order valence-corrected chi connectivity index (χ3v) is 3.40.